The fraction of sp³-hybridized carbons (Fsp3) is 0.273. The van der Waals surface area contributed by atoms with E-state index >= 15 is 0 Å². The van der Waals surface area contributed by atoms with Crippen LogP contribution in [0.2, 0.25) is 0 Å². The molecule has 0 aromatic carbocycles. The summed E-state index contributed by atoms with van der Waals surface area (Å²) in [5, 5.41) is 7.52. The molecule has 0 radical (unpaired) electrons. The number of hydrogen-bond acceptors (Lipinski definition) is 7. The van der Waals surface area contributed by atoms with Crippen LogP contribution in [-0.4, -0.2) is 41.8 Å². The number of ketones is 2. The Labute approximate surface area is 250 Å². The summed E-state index contributed by atoms with van der Waals surface area (Å²) in [5.41, 5.74) is 1.90. The largest absolute Gasteiger partial charge is 1.00 e. The van der Waals surface area contributed by atoms with E-state index in [9.17, 15) is 14.4 Å². The van der Waals surface area contributed by atoms with E-state index in [4.69, 9.17) is 23.2 Å². The van der Waals surface area contributed by atoms with Crippen molar-refractivity contribution in [1.29, 1.82) is 0 Å². The van der Waals surface area contributed by atoms with Gasteiger partial charge in [-0.3, -0.25) is 14.4 Å². The fourth-order valence-corrected chi connectivity index (χ4v) is 4.54. The molecule has 0 saturated heterocycles. The van der Waals surface area contributed by atoms with Crippen LogP contribution < -0.4 is 18.9 Å². The van der Waals surface area contributed by atoms with E-state index in [0.29, 0.717) is 20.9 Å². The molecule has 3 aromatic rings. The van der Waals surface area contributed by atoms with E-state index in [1.54, 1.807) is 41.9 Å². The van der Waals surface area contributed by atoms with Crippen LogP contribution in [0.1, 0.15) is 60.6 Å². The standard InChI is InChI=1S/C10H4O2S2.C7H9NOS.C4H9.CH2Cl2.Li.2H2S/c11-7-5-1-3-13-9(5)8(12)6-2-4-14-10(6)7;1-8(2)7(9)6-3-4-10-5-6;1-3-4-2;2-1-3;;;/h1-4H;3-5H,1-2H3;1,3-4H2,2H3;1H2;;2*1H2/q;;-1;;+1;;/p-1. The van der Waals surface area contributed by atoms with Gasteiger partial charge in [0.1, 0.15) is 0 Å². The zero-order valence-electron chi connectivity index (χ0n) is 19.5. The molecule has 34 heavy (non-hydrogen) atoms. The van der Waals surface area contributed by atoms with E-state index < -0.39 is 0 Å². The van der Waals surface area contributed by atoms with Crippen LogP contribution in [0.4, 0.5) is 0 Å². The number of rotatable bonds is 2. The maximum Gasteiger partial charge on any atom is 1.00 e. The maximum atomic E-state index is 11.8. The van der Waals surface area contributed by atoms with Crippen molar-refractivity contribution in [2.24, 2.45) is 0 Å². The Morgan fingerprint density at radius 2 is 1.38 bits per heavy atom. The van der Waals surface area contributed by atoms with Crippen molar-refractivity contribution in [3.8, 4) is 0 Å². The number of thiophene rings is 3. The molecular weight excluding hydrogens is 564 g/mol. The van der Waals surface area contributed by atoms with Crippen LogP contribution in [0, 0.1) is 6.92 Å². The molecule has 0 spiro atoms. The predicted molar refractivity (Wildman–Crippen MR) is 154 cm³/mol. The smallest absolute Gasteiger partial charge is 0.813 e. The third-order valence-electron chi connectivity index (χ3n) is 3.76. The van der Waals surface area contributed by atoms with Crippen molar-refractivity contribution in [3.05, 3.63) is 73.1 Å². The Balaban J connectivity index is -0.000000428. The van der Waals surface area contributed by atoms with Gasteiger partial charge >= 0.3 is 18.9 Å². The molecule has 0 atom stereocenters. The monoisotopic (exact) mass is 590 g/mol. The average Bonchev–Trinajstić information content (AvgIpc) is 3.53. The van der Waals surface area contributed by atoms with Gasteiger partial charge < -0.3 is 25.3 Å². The molecule has 3 heterocycles. The zero-order valence-corrected chi connectivity index (χ0v) is 25.3. The van der Waals surface area contributed by atoms with Crippen LogP contribution in [0.5, 0.6) is 0 Å². The molecule has 0 saturated carbocycles. The van der Waals surface area contributed by atoms with Crippen LogP contribution in [-0.2, 0) is 13.5 Å². The number of hydrogen-bond donors (Lipinski definition) is 0. The van der Waals surface area contributed by atoms with Crippen LogP contribution in [0.3, 0.4) is 0 Å². The Kier molecular flexibility index (Phi) is 23.6. The van der Waals surface area contributed by atoms with Gasteiger partial charge in [0.2, 0.25) is 11.6 Å². The van der Waals surface area contributed by atoms with Crippen LogP contribution in [0.25, 0.3) is 0 Å². The predicted octanol–water partition coefficient (Wildman–Crippen LogP) is 3.92. The number of alkyl halides is 2. The Bertz CT molecular complexity index is 882. The van der Waals surface area contributed by atoms with Gasteiger partial charge in [0.05, 0.1) is 20.7 Å². The van der Waals surface area contributed by atoms with Crippen molar-refractivity contribution < 1.29 is 33.2 Å². The summed E-state index contributed by atoms with van der Waals surface area (Å²) in [7, 11) is 3.50. The molecule has 1 amide bonds. The summed E-state index contributed by atoms with van der Waals surface area (Å²) in [6.07, 6.45) is 2.28. The van der Waals surface area contributed by atoms with Crippen molar-refractivity contribution in [2.45, 2.75) is 19.8 Å². The van der Waals surface area contributed by atoms with Gasteiger partial charge in [-0.15, -0.1) is 45.9 Å². The van der Waals surface area contributed by atoms with E-state index in [1.807, 2.05) is 16.8 Å². The summed E-state index contributed by atoms with van der Waals surface area (Å²) >= 11 is 13.7. The molecule has 4 nitrogen and oxygen atoms in total. The first kappa shape index (κ1) is 38.3. The Morgan fingerprint density at radius 1 is 0.971 bits per heavy atom. The number of unbranched alkanes of at least 4 members (excludes halogenated alkanes) is 1. The molecule has 12 heteroatoms. The molecule has 0 fully saturated rings. The average molecular weight is 592 g/mol. The Hall–Kier alpha value is -0.213. The molecule has 4 rings (SSSR count). The van der Waals surface area contributed by atoms with E-state index in [1.165, 1.54) is 40.4 Å². The first-order chi connectivity index (χ1) is 14.8. The second kappa shape index (κ2) is 20.9. The second-order valence-corrected chi connectivity index (χ2v) is 9.57. The Morgan fingerprint density at radius 3 is 1.68 bits per heavy atom. The third kappa shape index (κ3) is 11.2. The number of halogens is 2. The van der Waals surface area contributed by atoms with Crippen molar-refractivity contribution in [3.63, 3.8) is 0 Å². The molecule has 0 aliphatic heterocycles. The van der Waals surface area contributed by atoms with E-state index in [0.717, 1.165) is 12.0 Å². The van der Waals surface area contributed by atoms with Crippen molar-refractivity contribution >= 4 is 102 Å². The topological polar surface area (TPSA) is 54.5 Å². The molecule has 0 unspecified atom stereocenters. The maximum absolute atomic E-state index is 11.8. The number of nitrogens with zero attached hydrogens (tertiary/aromatic N) is 1. The number of fused-ring (bicyclic) bond motifs is 2. The van der Waals surface area contributed by atoms with Gasteiger partial charge in [-0.2, -0.15) is 31.3 Å². The van der Waals surface area contributed by atoms with Gasteiger partial charge in [-0.1, -0.05) is 13.3 Å². The molecular formula is C22H27Cl2LiNO3S5-. The number of thiol groups is 1. The van der Waals surface area contributed by atoms with Gasteiger partial charge in [0.15, 0.2) is 0 Å². The zero-order chi connectivity index (χ0) is 23.4. The minimum atomic E-state index is -0.00847. The minimum Gasteiger partial charge on any atom is -0.813 e. The van der Waals surface area contributed by atoms with Gasteiger partial charge in [0, 0.05) is 30.6 Å². The molecule has 1 aliphatic rings. The first-order valence-corrected chi connectivity index (χ1v) is 13.0. The summed E-state index contributed by atoms with van der Waals surface area (Å²) in [5.74, 6) is 0.0537. The first-order valence-electron chi connectivity index (χ1n) is 9.23. The number of carbonyl (C=O) groups excluding carboxylic acids is 3. The third-order valence-corrected chi connectivity index (χ3v) is 6.27. The van der Waals surface area contributed by atoms with Gasteiger partial charge in [-0.05, 0) is 34.3 Å². The second-order valence-electron chi connectivity index (χ2n) is 6.15. The molecule has 0 N–H and O–H groups in total. The van der Waals surface area contributed by atoms with E-state index in [2.05, 4.69) is 13.8 Å². The minimum absolute atomic E-state index is 0. The number of amides is 1. The SMILES string of the molecule is CN(C)C(=O)c1ccsc1.ClCCl.O=C1c2ccsc2C(=O)c2ccsc21.S.[CH2-]CCC.[Li+].[SH-]. The summed E-state index contributed by atoms with van der Waals surface area (Å²) in [6, 6.07) is 5.28. The van der Waals surface area contributed by atoms with Crippen molar-refractivity contribution in [2.75, 3.05) is 19.4 Å². The number of carbonyl (C=O) groups is 3. The van der Waals surface area contributed by atoms with Crippen molar-refractivity contribution in [1.82, 2.24) is 4.90 Å². The summed E-state index contributed by atoms with van der Waals surface area (Å²) < 4.78 is 0. The van der Waals surface area contributed by atoms with Crippen LogP contribution in [0.15, 0.2) is 39.7 Å². The summed E-state index contributed by atoms with van der Waals surface area (Å²) in [6.45, 7) is 5.72. The molecule has 0 bridgehead atoms. The van der Waals surface area contributed by atoms with Gasteiger partial charge in [0.25, 0.3) is 5.91 Å². The molecule has 1 aliphatic carbocycles. The molecule has 184 valence electrons. The quantitative estimate of drug-likeness (QED) is 0.117. The van der Waals surface area contributed by atoms with Crippen LogP contribution >= 0.6 is 70.7 Å². The van der Waals surface area contributed by atoms with E-state index in [-0.39, 0.29) is 68.7 Å². The molecule has 3 aromatic heterocycles. The fourth-order valence-electron chi connectivity index (χ4n) is 2.22. The normalized spacial score (nSPS) is 9.94. The summed E-state index contributed by atoms with van der Waals surface area (Å²) in [4.78, 5) is 37.6. The van der Waals surface area contributed by atoms with Gasteiger partial charge in [-0.25, -0.2) is 0 Å².